The van der Waals surface area contributed by atoms with Gasteiger partial charge in [0.25, 0.3) is 0 Å². The van der Waals surface area contributed by atoms with Crippen molar-refractivity contribution in [3.63, 3.8) is 0 Å². The molecule has 0 unspecified atom stereocenters. The first-order chi connectivity index (χ1) is 11.2. The van der Waals surface area contributed by atoms with Crippen LogP contribution in [0.25, 0.3) is 0 Å². The van der Waals surface area contributed by atoms with E-state index < -0.39 is 0 Å². The van der Waals surface area contributed by atoms with Gasteiger partial charge in [-0.3, -0.25) is 4.68 Å². The van der Waals surface area contributed by atoms with Crippen LogP contribution in [0.15, 0.2) is 12.3 Å². The zero-order chi connectivity index (χ0) is 15.4. The van der Waals surface area contributed by atoms with E-state index in [9.17, 15) is 0 Å². The van der Waals surface area contributed by atoms with E-state index >= 15 is 0 Å². The molecule has 1 N–H and O–H groups in total. The molecule has 2 fully saturated rings. The van der Waals surface area contributed by atoms with Gasteiger partial charge < -0.3 is 10.1 Å². The van der Waals surface area contributed by atoms with E-state index in [2.05, 4.69) is 21.7 Å². The molecule has 0 aromatic carbocycles. The van der Waals surface area contributed by atoms with Gasteiger partial charge in [-0.05, 0) is 49.8 Å². The summed E-state index contributed by atoms with van der Waals surface area (Å²) in [5, 5.41) is 12.0. The van der Waals surface area contributed by atoms with Gasteiger partial charge in [0.05, 0.1) is 18.3 Å². The second kappa shape index (κ2) is 5.13. The van der Waals surface area contributed by atoms with Crippen molar-refractivity contribution in [1.29, 1.82) is 0 Å². The molecule has 0 radical (unpaired) electrons. The van der Waals surface area contributed by atoms with Crippen LogP contribution in [0.4, 0.5) is 0 Å². The number of thiophene rings is 1. The monoisotopic (exact) mass is 330 g/mol. The summed E-state index contributed by atoms with van der Waals surface area (Å²) in [6.45, 7) is 1.82. The lowest BCUT2D eigenvalue weighted by atomic mass is 9.82. The highest BCUT2D eigenvalue weighted by atomic mass is 32.1. The summed E-state index contributed by atoms with van der Waals surface area (Å²) in [7, 11) is 1.92. The number of aryl methyl sites for hydroxylation is 1. The first kappa shape index (κ1) is 14.1. The van der Waals surface area contributed by atoms with Gasteiger partial charge in [0.1, 0.15) is 5.60 Å². The minimum absolute atomic E-state index is 0.112. The van der Waals surface area contributed by atoms with Crippen LogP contribution in [0.5, 0.6) is 0 Å². The minimum atomic E-state index is -0.112. The number of fused-ring (bicyclic) bond motifs is 2. The standard InChI is InChI=1S/C17H22N4OS/c1-21-10-14(19-20-21)13-9-17(5-6-18-13)16-12(4-7-22-17)8-15(23-16)11-2-3-11/h8,10-11,13,18H,2-7,9H2,1H3/t13-,17-/m0/s1. The Kier molecular flexibility index (Phi) is 3.15. The molecule has 122 valence electrons. The van der Waals surface area contributed by atoms with Gasteiger partial charge in [-0.25, -0.2) is 0 Å². The molecule has 5 rings (SSSR count). The summed E-state index contributed by atoms with van der Waals surface area (Å²) in [6.07, 6.45) is 7.85. The number of ether oxygens (including phenoxy) is 1. The zero-order valence-corrected chi connectivity index (χ0v) is 14.2. The Bertz CT molecular complexity index is 735. The third-order valence-corrected chi connectivity index (χ3v) is 6.93. The maximum absolute atomic E-state index is 6.42. The number of hydrogen-bond donors (Lipinski definition) is 1. The van der Waals surface area contributed by atoms with Crippen molar-refractivity contribution < 1.29 is 4.74 Å². The van der Waals surface area contributed by atoms with Gasteiger partial charge in [-0.1, -0.05) is 5.21 Å². The Morgan fingerprint density at radius 2 is 2.35 bits per heavy atom. The first-order valence-corrected chi connectivity index (χ1v) is 9.42. The van der Waals surface area contributed by atoms with E-state index in [1.54, 1.807) is 15.1 Å². The van der Waals surface area contributed by atoms with Crippen molar-refractivity contribution >= 4 is 11.3 Å². The third-order valence-electron chi connectivity index (χ3n) is 5.40. The maximum atomic E-state index is 6.42. The summed E-state index contributed by atoms with van der Waals surface area (Å²) >= 11 is 2.02. The normalized spacial score (nSPS) is 30.6. The molecule has 1 spiro atoms. The van der Waals surface area contributed by atoms with Crippen LogP contribution in [0.1, 0.15) is 58.7 Å². The van der Waals surface area contributed by atoms with Crippen molar-refractivity contribution in [3.05, 3.63) is 33.3 Å². The fourth-order valence-corrected chi connectivity index (χ4v) is 5.60. The fraction of sp³-hybridized carbons (Fsp3) is 0.647. The number of rotatable bonds is 2. The Balaban J connectivity index is 1.49. The van der Waals surface area contributed by atoms with E-state index in [1.165, 1.54) is 17.7 Å². The lowest BCUT2D eigenvalue weighted by molar-refractivity contribution is -0.0871. The lowest BCUT2D eigenvalue weighted by Crippen LogP contribution is -2.45. The van der Waals surface area contributed by atoms with E-state index in [-0.39, 0.29) is 11.6 Å². The van der Waals surface area contributed by atoms with Crippen LogP contribution in [-0.2, 0) is 23.8 Å². The molecule has 6 heteroatoms. The Morgan fingerprint density at radius 1 is 1.43 bits per heavy atom. The SMILES string of the molecule is Cn1cc([C@@H]2C[C@]3(CCN2)OCCc2cc(C4CC4)sc23)nn1. The summed E-state index contributed by atoms with van der Waals surface area (Å²) < 4.78 is 8.20. The molecule has 3 aliphatic rings. The largest absolute Gasteiger partial charge is 0.369 e. The highest BCUT2D eigenvalue weighted by Crippen LogP contribution is 2.51. The number of piperidine rings is 1. The van der Waals surface area contributed by atoms with Gasteiger partial charge in [-0.2, -0.15) is 0 Å². The van der Waals surface area contributed by atoms with Crippen LogP contribution < -0.4 is 5.32 Å². The molecule has 0 amide bonds. The second-order valence-corrected chi connectivity index (χ2v) is 8.23. The lowest BCUT2D eigenvalue weighted by Gasteiger charge is -2.43. The van der Waals surface area contributed by atoms with Crippen molar-refractivity contribution in [2.45, 2.75) is 49.7 Å². The molecule has 2 aromatic rings. The molecule has 2 aromatic heterocycles. The predicted octanol–water partition coefficient (Wildman–Crippen LogP) is 2.65. The highest BCUT2D eigenvalue weighted by molar-refractivity contribution is 7.12. The summed E-state index contributed by atoms with van der Waals surface area (Å²) in [5.41, 5.74) is 2.46. The summed E-state index contributed by atoms with van der Waals surface area (Å²) in [4.78, 5) is 3.09. The molecule has 1 aliphatic carbocycles. The summed E-state index contributed by atoms with van der Waals surface area (Å²) in [6, 6.07) is 2.70. The van der Waals surface area contributed by atoms with E-state index in [4.69, 9.17) is 4.74 Å². The van der Waals surface area contributed by atoms with Gasteiger partial charge in [0.2, 0.25) is 0 Å². The van der Waals surface area contributed by atoms with Crippen molar-refractivity contribution in [1.82, 2.24) is 20.3 Å². The quantitative estimate of drug-likeness (QED) is 0.920. The Labute approximate surface area is 140 Å². The first-order valence-electron chi connectivity index (χ1n) is 8.60. The molecule has 4 heterocycles. The van der Waals surface area contributed by atoms with Crippen LogP contribution in [0.2, 0.25) is 0 Å². The van der Waals surface area contributed by atoms with E-state index in [1.807, 2.05) is 24.6 Å². The Morgan fingerprint density at radius 3 is 3.13 bits per heavy atom. The third kappa shape index (κ3) is 2.35. The molecule has 2 atom stereocenters. The molecule has 0 bridgehead atoms. The zero-order valence-electron chi connectivity index (χ0n) is 13.4. The van der Waals surface area contributed by atoms with Crippen LogP contribution in [0, 0.1) is 0 Å². The Hall–Kier alpha value is -1.24. The van der Waals surface area contributed by atoms with Gasteiger partial charge >= 0.3 is 0 Å². The van der Waals surface area contributed by atoms with Crippen molar-refractivity contribution in [2.75, 3.05) is 13.2 Å². The van der Waals surface area contributed by atoms with E-state index in [0.717, 1.165) is 44.0 Å². The van der Waals surface area contributed by atoms with Crippen molar-refractivity contribution in [2.24, 2.45) is 7.05 Å². The van der Waals surface area contributed by atoms with Gasteiger partial charge in [0.15, 0.2) is 0 Å². The van der Waals surface area contributed by atoms with Crippen LogP contribution >= 0.6 is 11.3 Å². The number of hydrogen-bond acceptors (Lipinski definition) is 5. The van der Waals surface area contributed by atoms with Gasteiger partial charge in [0, 0.05) is 29.4 Å². The fourth-order valence-electron chi connectivity index (χ4n) is 4.04. The molecular weight excluding hydrogens is 308 g/mol. The minimum Gasteiger partial charge on any atom is -0.369 e. The maximum Gasteiger partial charge on any atom is 0.106 e. The van der Waals surface area contributed by atoms with Crippen LogP contribution in [-0.4, -0.2) is 28.1 Å². The average Bonchev–Trinajstić information content (AvgIpc) is 3.16. The highest BCUT2D eigenvalue weighted by Gasteiger charge is 2.45. The predicted molar refractivity (Wildman–Crippen MR) is 88.6 cm³/mol. The van der Waals surface area contributed by atoms with Crippen molar-refractivity contribution in [3.8, 4) is 0 Å². The molecule has 1 saturated carbocycles. The van der Waals surface area contributed by atoms with E-state index in [0.29, 0.717) is 0 Å². The molecule has 23 heavy (non-hydrogen) atoms. The molecule has 2 aliphatic heterocycles. The number of aromatic nitrogens is 3. The van der Waals surface area contributed by atoms with Gasteiger partial charge in [-0.15, -0.1) is 16.4 Å². The number of nitrogens with one attached hydrogen (secondary N) is 1. The topological polar surface area (TPSA) is 52.0 Å². The second-order valence-electron chi connectivity index (χ2n) is 7.15. The molecule has 5 nitrogen and oxygen atoms in total. The molecule has 1 saturated heterocycles. The molecular formula is C17H22N4OS. The summed E-state index contributed by atoms with van der Waals surface area (Å²) in [5.74, 6) is 0.833. The average molecular weight is 330 g/mol. The van der Waals surface area contributed by atoms with Crippen LogP contribution in [0.3, 0.4) is 0 Å². The number of nitrogens with zero attached hydrogens (tertiary/aromatic N) is 3. The smallest absolute Gasteiger partial charge is 0.106 e.